The smallest absolute Gasteiger partial charge is 0.326 e. The van der Waals surface area contributed by atoms with E-state index in [1.165, 1.54) is 0 Å². The number of benzene rings is 1. The topological polar surface area (TPSA) is 116 Å². The summed E-state index contributed by atoms with van der Waals surface area (Å²) in [6.45, 7) is 0.519. The van der Waals surface area contributed by atoms with Gasteiger partial charge in [0.1, 0.15) is 6.04 Å². The van der Waals surface area contributed by atoms with Crippen molar-refractivity contribution in [2.75, 3.05) is 0 Å². The van der Waals surface area contributed by atoms with Crippen LogP contribution in [0.2, 0.25) is 0 Å². The highest BCUT2D eigenvalue weighted by molar-refractivity contribution is 5.89. The Morgan fingerprint density at radius 1 is 1.24 bits per heavy atom. The highest BCUT2D eigenvalue weighted by Crippen LogP contribution is 2.16. The first-order valence-electron chi connectivity index (χ1n) is 6.52. The zero-order valence-corrected chi connectivity index (χ0v) is 11.2. The number of nitrogens with one attached hydrogen (secondary N) is 2. The molecule has 1 aromatic rings. The normalized spacial score (nSPS) is 18.4. The Morgan fingerprint density at radius 3 is 2.52 bits per heavy atom. The number of carboxylic acids is 2. The molecule has 0 radical (unpaired) electrons. The van der Waals surface area contributed by atoms with Gasteiger partial charge in [0.25, 0.3) is 0 Å². The van der Waals surface area contributed by atoms with E-state index in [0.29, 0.717) is 13.0 Å². The molecule has 0 bridgehead atoms. The van der Waals surface area contributed by atoms with Gasteiger partial charge in [-0.2, -0.15) is 0 Å². The van der Waals surface area contributed by atoms with Crippen molar-refractivity contribution >= 4 is 17.8 Å². The van der Waals surface area contributed by atoms with Gasteiger partial charge in [-0.15, -0.1) is 0 Å². The molecule has 1 aromatic carbocycles. The molecule has 0 unspecified atom stereocenters. The molecule has 0 spiro atoms. The molecular formula is C14H16N2O5. The summed E-state index contributed by atoms with van der Waals surface area (Å²) in [6.07, 6.45) is -0.203. The summed E-state index contributed by atoms with van der Waals surface area (Å²) in [5.74, 6) is -3.13. The molecule has 112 valence electrons. The Balaban J connectivity index is 2.01. The number of fused-ring (bicyclic) bond motifs is 1. The molecule has 4 N–H and O–H groups in total. The van der Waals surface area contributed by atoms with Gasteiger partial charge in [-0.25, -0.2) is 4.79 Å². The lowest BCUT2D eigenvalue weighted by atomic mass is 9.95. The summed E-state index contributed by atoms with van der Waals surface area (Å²) in [7, 11) is 0. The second-order valence-corrected chi connectivity index (χ2v) is 4.90. The first-order chi connectivity index (χ1) is 9.97. The average molecular weight is 292 g/mol. The maximum Gasteiger partial charge on any atom is 0.326 e. The van der Waals surface area contributed by atoms with Crippen LogP contribution in [0.1, 0.15) is 17.5 Å². The van der Waals surface area contributed by atoms with Gasteiger partial charge in [0.05, 0.1) is 12.5 Å². The summed E-state index contributed by atoms with van der Waals surface area (Å²) >= 11 is 0. The Kier molecular flexibility index (Phi) is 4.54. The Labute approximate surface area is 121 Å². The average Bonchev–Trinajstić information content (AvgIpc) is 2.45. The lowest BCUT2D eigenvalue weighted by Gasteiger charge is -2.26. The van der Waals surface area contributed by atoms with Crippen molar-refractivity contribution in [2.45, 2.75) is 31.5 Å². The molecule has 21 heavy (non-hydrogen) atoms. The second-order valence-electron chi connectivity index (χ2n) is 4.90. The minimum absolute atomic E-state index is 0.446. The Morgan fingerprint density at radius 2 is 1.90 bits per heavy atom. The van der Waals surface area contributed by atoms with Crippen molar-refractivity contribution in [3.63, 3.8) is 0 Å². The lowest BCUT2D eigenvalue weighted by molar-refractivity contribution is -0.147. The van der Waals surface area contributed by atoms with Gasteiger partial charge in [0.2, 0.25) is 5.91 Å². The standard InChI is InChI=1S/C14H16N2O5/c17-12(18)6-11(14(20)21)16-13(19)10-5-8-3-1-2-4-9(8)7-15-10/h1-4,10-11,15H,5-7H2,(H,16,19)(H,17,18)(H,20,21)/t10-,11-/m0/s1. The van der Waals surface area contributed by atoms with E-state index >= 15 is 0 Å². The summed E-state index contributed by atoms with van der Waals surface area (Å²) in [4.78, 5) is 33.6. The van der Waals surface area contributed by atoms with Gasteiger partial charge in [-0.1, -0.05) is 24.3 Å². The summed E-state index contributed by atoms with van der Waals surface area (Å²) in [5.41, 5.74) is 2.13. The maximum absolute atomic E-state index is 12.1. The third kappa shape index (κ3) is 3.79. The van der Waals surface area contributed by atoms with E-state index < -0.39 is 36.4 Å². The van der Waals surface area contributed by atoms with Gasteiger partial charge in [-0.3, -0.25) is 9.59 Å². The minimum Gasteiger partial charge on any atom is -0.481 e. The van der Waals surface area contributed by atoms with Crippen LogP contribution in [0.25, 0.3) is 0 Å². The molecular weight excluding hydrogens is 276 g/mol. The van der Waals surface area contributed by atoms with E-state index in [4.69, 9.17) is 10.2 Å². The number of rotatable bonds is 5. The second kappa shape index (κ2) is 6.36. The zero-order valence-electron chi connectivity index (χ0n) is 11.2. The third-order valence-corrected chi connectivity index (χ3v) is 3.39. The number of carboxylic acid groups (broad SMARTS) is 2. The van der Waals surface area contributed by atoms with Crippen LogP contribution in [0.15, 0.2) is 24.3 Å². The lowest BCUT2D eigenvalue weighted by Crippen LogP contribution is -2.52. The fourth-order valence-electron chi connectivity index (χ4n) is 2.29. The van der Waals surface area contributed by atoms with Crippen molar-refractivity contribution in [1.29, 1.82) is 0 Å². The van der Waals surface area contributed by atoms with Crippen molar-refractivity contribution in [2.24, 2.45) is 0 Å². The molecule has 0 fully saturated rings. The molecule has 0 aromatic heterocycles. The van der Waals surface area contributed by atoms with Crippen LogP contribution in [-0.2, 0) is 27.3 Å². The molecule has 1 amide bonds. The van der Waals surface area contributed by atoms with Gasteiger partial charge < -0.3 is 20.8 Å². The van der Waals surface area contributed by atoms with Gasteiger partial charge in [0, 0.05) is 6.54 Å². The number of hydrogen-bond acceptors (Lipinski definition) is 4. The number of carbonyl (C=O) groups is 3. The van der Waals surface area contributed by atoms with Crippen molar-refractivity contribution in [1.82, 2.24) is 10.6 Å². The maximum atomic E-state index is 12.1. The zero-order chi connectivity index (χ0) is 15.4. The van der Waals surface area contributed by atoms with Crippen LogP contribution < -0.4 is 10.6 Å². The van der Waals surface area contributed by atoms with Crippen LogP contribution >= 0.6 is 0 Å². The van der Waals surface area contributed by atoms with Gasteiger partial charge >= 0.3 is 11.9 Å². The molecule has 1 aliphatic rings. The number of hydrogen-bond donors (Lipinski definition) is 4. The van der Waals surface area contributed by atoms with E-state index in [1.807, 2.05) is 24.3 Å². The molecule has 7 nitrogen and oxygen atoms in total. The van der Waals surface area contributed by atoms with E-state index in [1.54, 1.807) is 0 Å². The van der Waals surface area contributed by atoms with Crippen molar-refractivity contribution in [3.8, 4) is 0 Å². The number of aliphatic carboxylic acids is 2. The summed E-state index contributed by atoms with van der Waals surface area (Å²) < 4.78 is 0. The first-order valence-corrected chi connectivity index (χ1v) is 6.52. The van der Waals surface area contributed by atoms with Gasteiger partial charge in [0.15, 0.2) is 0 Å². The van der Waals surface area contributed by atoms with E-state index in [0.717, 1.165) is 11.1 Å². The highest BCUT2D eigenvalue weighted by atomic mass is 16.4. The Hall–Kier alpha value is -2.41. The predicted octanol–water partition coefficient (Wildman–Crippen LogP) is -0.255. The van der Waals surface area contributed by atoms with Crippen molar-refractivity contribution < 1.29 is 24.6 Å². The van der Waals surface area contributed by atoms with E-state index in [-0.39, 0.29) is 0 Å². The van der Waals surface area contributed by atoms with Crippen LogP contribution in [0, 0.1) is 0 Å². The number of amides is 1. The third-order valence-electron chi connectivity index (χ3n) is 3.39. The predicted molar refractivity (Wildman–Crippen MR) is 72.6 cm³/mol. The quantitative estimate of drug-likeness (QED) is 0.594. The molecule has 0 saturated carbocycles. The number of carbonyl (C=O) groups excluding carboxylic acids is 1. The van der Waals surface area contributed by atoms with Crippen LogP contribution in [0.4, 0.5) is 0 Å². The van der Waals surface area contributed by atoms with Crippen LogP contribution in [0.3, 0.4) is 0 Å². The molecule has 2 rings (SSSR count). The largest absolute Gasteiger partial charge is 0.481 e. The van der Waals surface area contributed by atoms with E-state index in [2.05, 4.69) is 10.6 Å². The van der Waals surface area contributed by atoms with E-state index in [9.17, 15) is 14.4 Å². The molecule has 1 aliphatic heterocycles. The SMILES string of the molecule is O=C(O)C[C@H](NC(=O)[C@@H]1Cc2ccccc2CN1)C(=O)O. The van der Waals surface area contributed by atoms with Gasteiger partial charge in [-0.05, 0) is 17.5 Å². The minimum atomic E-state index is -1.42. The van der Waals surface area contributed by atoms with Crippen molar-refractivity contribution in [3.05, 3.63) is 35.4 Å². The van der Waals surface area contributed by atoms with Crippen LogP contribution in [-0.4, -0.2) is 40.1 Å². The first kappa shape index (κ1) is 15.0. The summed E-state index contributed by atoms with van der Waals surface area (Å²) in [5, 5.41) is 22.9. The molecule has 0 aliphatic carbocycles. The fraction of sp³-hybridized carbons (Fsp3) is 0.357. The molecule has 2 atom stereocenters. The fourth-order valence-corrected chi connectivity index (χ4v) is 2.29. The Bertz CT molecular complexity index is 572. The monoisotopic (exact) mass is 292 g/mol. The highest BCUT2D eigenvalue weighted by Gasteiger charge is 2.29. The summed E-state index contributed by atoms with van der Waals surface area (Å²) in [6, 6.07) is 5.69. The molecule has 7 heteroatoms. The molecule has 0 saturated heterocycles. The molecule has 1 heterocycles. The van der Waals surface area contributed by atoms with Crippen LogP contribution in [0.5, 0.6) is 0 Å².